The van der Waals surface area contributed by atoms with Gasteiger partial charge in [-0.05, 0) is 43.2 Å². The summed E-state index contributed by atoms with van der Waals surface area (Å²) in [5.41, 5.74) is 1.63. The number of sulfonamides is 1. The first kappa shape index (κ1) is 21.9. The number of amides is 2. The van der Waals surface area contributed by atoms with Crippen LogP contribution in [0.2, 0.25) is 0 Å². The first-order chi connectivity index (χ1) is 15.1. The number of carbonyl (C=O) groups is 2. The van der Waals surface area contributed by atoms with Gasteiger partial charge in [0, 0.05) is 19.7 Å². The fraction of sp³-hybridized carbons (Fsp3) is 0.333. The van der Waals surface area contributed by atoms with Crippen LogP contribution in [0.15, 0.2) is 35.2 Å². The van der Waals surface area contributed by atoms with Crippen LogP contribution in [0, 0.1) is 6.92 Å². The highest BCUT2D eigenvalue weighted by Crippen LogP contribution is 2.35. The van der Waals surface area contributed by atoms with Crippen LogP contribution in [0.1, 0.15) is 18.1 Å². The molecule has 0 unspecified atom stereocenters. The first-order valence-corrected chi connectivity index (χ1v) is 11.3. The molecule has 10 nitrogen and oxygen atoms in total. The molecule has 1 atom stereocenters. The highest BCUT2D eigenvalue weighted by Gasteiger charge is 2.30. The van der Waals surface area contributed by atoms with E-state index in [4.69, 9.17) is 14.2 Å². The van der Waals surface area contributed by atoms with Gasteiger partial charge in [0.05, 0.1) is 17.1 Å². The van der Waals surface area contributed by atoms with Crippen LogP contribution in [-0.2, 0) is 26.2 Å². The van der Waals surface area contributed by atoms with Gasteiger partial charge in [-0.1, -0.05) is 6.07 Å². The van der Waals surface area contributed by atoms with Crippen molar-refractivity contribution in [1.82, 2.24) is 9.62 Å². The minimum atomic E-state index is -3.98. The minimum Gasteiger partial charge on any atom is -0.479 e. The van der Waals surface area contributed by atoms with Crippen molar-refractivity contribution < 1.29 is 32.2 Å². The summed E-state index contributed by atoms with van der Waals surface area (Å²) in [6, 6.07) is 8.23. The molecule has 4 rings (SSSR count). The summed E-state index contributed by atoms with van der Waals surface area (Å²) in [5.74, 6) is 0.753. The van der Waals surface area contributed by atoms with Crippen LogP contribution in [-0.4, -0.2) is 51.0 Å². The SMILES string of the molecule is Cc1cc2c(cc1S(=O)(=O)N(C)CC(=O)NCc1ccc3c(c1)OCO3)O[C@@H](C)C(=O)N2. The van der Waals surface area contributed by atoms with E-state index in [1.54, 1.807) is 38.1 Å². The Kier molecular flexibility index (Phi) is 5.70. The Morgan fingerprint density at radius 2 is 1.94 bits per heavy atom. The van der Waals surface area contributed by atoms with E-state index < -0.39 is 22.0 Å². The van der Waals surface area contributed by atoms with Crippen molar-refractivity contribution in [2.75, 3.05) is 25.7 Å². The molecule has 0 radical (unpaired) electrons. The second kappa shape index (κ2) is 8.32. The van der Waals surface area contributed by atoms with Crippen molar-refractivity contribution >= 4 is 27.5 Å². The number of fused-ring (bicyclic) bond motifs is 2. The highest BCUT2D eigenvalue weighted by atomic mass is 32.2. The van der Waals surface area contributed by atoms with Crippen LogP contribution in [0.25, 0.3) is 0 Å². The molecule has 0 aliphatic carbocycles. The molecule has 11 heteroatoms. The molecule has 0 saturated heterocycles. The molecule has 170 valence electrons. The van der Waals surface area contributed by atoms with Gasteiger partial charge in [-0.2, -0.15) is 4.31 Å². The number of nitrogens with one attached hydrogen (secondary N) is 2. The van der Waals surface area contributed by atoms with Gasteiger partial charge in [0.2, 0.25) is 22.7 Å². The van der Waals surface area contributed by atoms with Gasteiger partial charge >= 0.3 is 0 Å². The zero-order valence-corrected chi connectivity index (χ0v) is 18.6. The maximum atomic E-state index is 13.1. The lowest BCUT2D eigenvalue weighted by molar-refractivity contribution is -0.123. The van der Waals surface area contributed by atoms with Crippen molar-refractivity contribution in [3.8, 4) is 17.2 Å². The van der Waals surface area contributed by atoms with Crippen molar-refractivity contribution in [2.24, 2.45) is 0 Å². The van der Waals surface area contributed by atoms with E-state index in [2.05, 4.69) is 10.6 Å². The second-order valence-electron chi connectivity index (χ2n) is 7.59. The van der Waals surface area contributed by atoms with Gasteiger partial charge in [0.15, 0.2) is 17.6 Å². The number of anilines is 1. The quantitative estimate of drug-likeness (QED) is 0.666. The zero-order valence-electron chi connectivity index (χ0n) is 17.8. The second-order valence-corrected chi connectivity index (χ2v) is 9.60. The van der Waals surface area contributed by atoms with E-state index in [-0.39, 0.29) is 36.4 Å². The lowest BCUT2D eigenvalue weighted by Crippen LogP contribution is -2.38. The number of carbonyl (C=O) groups excluding carboxylic acids is 2. The molecule has 2 N–H and O–H groups in total. The van der Waals surface area contributed by atoms with Gasteiger partial charge in [-0.15, -0.1) is 0 Å². The number of nitrogens with zero attached hydrogens (tertiary/aromatic N) is 1. The summed E-state index contributed by atoms with van der Waals surface area (Å²) in [6.45, 7) is 3.20. The Bertz CT molecular complexity index is 1200. The number of benzene rings is 2. The molecule has 0 bridgehead atoms. The van der Waals surface area contributed by atoms with E-state index in [9.17, 15) is 18.0 Å². The Morgan fingerprint density at radius 1 is 1.19 bits per heavy atom. The molecule has 0 saturated carbocycles. The molecule has 0 spiro atoms. The molecule has 0 aromatic heterocycles. The van der Waals surface area contributed by atoms with Gasteiger partial charge in [0.25, 0.3) is 5.91 Å². The fourth-order valence-electron chi connectivity index (χ4n) is 3.38. The predicted molar refractivity (Wildman–Crippen MR) is 114 cm³/mol. The van der Waals surface area contributed by atoms with E-state index in [0.717, 1.165) is 9.87 Å². The third-order valence-electron chi connectivity index (χ3n) is 5.19. The lowest BCUT2D eigenvalue weighted by atomic mass is 10.1. The Morgan fingerprint density at radius 3 is 2.72 bits per heavy atom. The summed E-state index contributed by atoms with van der Waals surface area (Å²) in [7, 11) is -2.64. The van der Waals surface area contributed by atoms with Gasteiger partial charge in [-0.3, -0.25) is 9.59 Å². The average Bonchev–Trinajstić information content (AvgIpc) is 3.21. The van der Waals surface area contributed by atoms with E-state index >= 15 is 0 Å². The smallest absolute Gasteiger partial charge is 0.265 e. The number of hydrogen-bond acceptors (Lipinski definition) is 7. The highest BCUT2D eigenvalue weighted by molar-refractivity contribution is 7.89. The molecule has 2 heterocycles. The zero-order chi connectivity index (χ0) is 23.0. The maximum Gasteiger partial charge on any atom is 0.265 e. The van der Waals surface area contributed by atoms with Crippen LogP contribution in [0.5, 0.6) is 17.2 Å². The summed E-state index contributed by atoms with van der Waals surface area (Å²) in [6.07, 6.45) is -0.736. The Hall–Kier alpha value is -3.31. The van der Waals surface area contributed by atoms with E-state index in [1.807, 2.05) is 0 Å². The summed E-state index contributed by atoms with van der Waals surface area (Å²) < 4.78 is 43.3. The normalized spacial score (nSPS) is 16.9. The first-order valence-electron chi connectivity index (χ1n) is 9.89. The molecule has 32 heavy (non-hydrogen) atoms. The molecule has 2 aliphatic rings. The van der Waals surface area contributed by atoms with Crippen molar-refractivity contribution in [3.63, 3.8) is 0 Å². The largest absolute Gasteiger partial charge is 0.479 e. The number of ether oxygens (including phenoxy) is 3. The van der Waals surface area contributed by atoms with Crippen molar-refractivity contribution in [1.29, 1.82) is 0 Å². The van der Waals surface area contributed by atoms with Gasteiger partial charge < -0.3 is 24.8 Å². The number of hydrogen-bond donors (Lipinski definition) is 2. The Labute approximate surface area is 185 Å². The molecule has 0 fully saturated rings. The number of aryl methyl sites for hydroxylation is 1. The van der Waals surface area contributed by atoms with Gasteiger partial charge in [0.1, 0.15) is 5.75 Å². The standard InChI is InChI=1S/C21H23N3O7S/c1-12-6-15-17(31-13(2)21(26)23-15)8-19(12)32(27,28)24(3)10-20(25)22-9-14-4-5-16-18(7-14)30-11-29-16/h4-8,13H,9-11H2,1-3H3,(H,22,25)(H,23,26)/t13-/m0/s1. The topological polar surface area (TPSA) is 123 Å². The molecule has 2 aromatic carbocycles. The van der Waals surface area contributed by atoms with E-state index in [0.29, 0.717) is 22.7 Å². The van der Waals surface area contributed by atoms with Crippen LogP contribution in [0.3, 0.4) is 0 Å². The van der Waals surface area contributed by atoms with E-state index in [1.165, 1.54) is 13.1 Å². The van der Waals surface area contributed by atoms with Crippen molar-refractivity contribution in [2.45, 2.75) is 31.4 Å². The van der Waals surface area contributed by atoms with Gasteiger partial charge in [-0.25, -0.2) is 8.42 Å². The fourth-order valence-corrected chi connectivity index (χ4v) is 4.73. The lowest BCUT2D eigenvalue weighted by Gasteiger charge is -2.25. The summed E-state index contributed by atoms with van der Waals surface area (Å²) in [4.78, 5) is 24.2. The molecule has 2 amide bonds. The van der Waals surface area contributed by atoms with Crippen LogP contribution >= 0.6 is 0 Å². The minimum absolute atomic E-state index is 0.00525. The Balaban J connectivity index is 1.43. The summed E-state index contributed by atoms with van der Waals surface area (Å²) in [5, 5.41) is 5.39. The predicted octanol–water partition coefficient (Wildman–Crippen LogP) is 1.38. The number of likely N-dealkylation sites (N-methyl/N-ethyl adjacent to an activating group) is 1. The summed E-state index contributed by atoms with van der Waals surface area (Å²) >= 11 is 0. The number of rotatable bonds is 6. The molecular formula is C21H23N3O7S. The average molecular weight is 461 g/mol. The van der Waals surface area contributed by atoms with Crippen LogP contribution in [0.4, 0.5) is 5.69 Å². The van der Waals surface area contributed by atoms with Crippen LogP contribution < -0.4 is 24.8 Å². The monoisotopic (exact) mass is 461 g/mol. The molecule has 2 aromatic rings. The molecular weight excluding hydrogens is 438 g/mol. The van der Waals surface area contributed by atoms with Crippen molar-refractivity contribution in [3.05, 3.63) is 41.5 Å². The third kappa shape index (κ3) is 4.21. The third-order valence-corrected chi connectivity index (χ3v) is 7.13. The molecule has 2 aliphatic heterocycles. The maximum absolute atomic E-state index is 13.1.